The van der Waals surface area contributed by atoms with Crippen molar-refractivity contribution in [1.29, 1.82) is 0 Å². The lowest BCUT2D eigenvalue weighted by molar-refractivity contribution is 1.09. The van der Waals surface area contributed by atoms with Gasteiger partial charge in [0.1, 0.15) is 11.5 Å². The van der Waals surface area contributed by atoms with Gasteiger partial charge in [0, 0.05) is 5.56 Å². The highest BCUT2D eigenvalue weighted by Crippen LogP contribution is 2.18. The summed E-state index contributed by atoms with van der Waals surface area (Å²) in [6, 6.07) is 15.2. The highest BCUT2D eigenvalue weighted by molar-refractivity contribution is 5.59. The SMILES string of the molecule is Nc1cccc(-c2nc(-c3ccccc3)n[nH]2)n1. The second kappa shape index (κ2) is 4.29. The Morgan fingerprint density at radius 1 is 0.889 bits per heavy atom. The summed E-state index contributed by atoms with van der Waals surface area (Å²) in [6.45, 7) is 0. The number of hydrogen-bond acceptors (Lipinski definition) is 4. The molecular weight excluding hydrogens is 226 g/mol. The van der Waals surface area contributed by atoms with Gasteiger partial charge in [0.15, 0.2) is 11.6 Å². The minimum absolute atomic E-state index is 0.463. The third-order valence-corrected chi connectivity index (χ3v) is 2.53. The van der Waals surface area contributed by atoms with E-state index in [0.29, 0.717) is 23.2 Å². The van der Waals surface area contributed by atoms with E-state index in [4.69, 9.17) is 5.73 Å². The lowest BCUT2D eigenvalue weighted by atomic mass is 10.2. The molecule has 5 nitrogen and oxygen atoms in total. The Labute approximate surface area is 104 Å². The van der Waals surface area contributed by atoms with E-state index < -0.39 is 0 Å². The molecule has 0 amide bonds. The Hall–Kier alpha value is -2.69. The molecule has 0 fully saturated rings. The van der Waals surface area contributed by atoms with Crippen LogP contribution in [0.1, 0.15) is 0 Å². The zero-order chi connectivity index (χ0) is 12.4. The summed E-state index contributed by atoms with van der Waals surface area (Å²) in [4.78, 5) is 8.60. The fourth-order valence-corrected chi connectivity index (χ4v) is 1.68. The fourth-order valence-electron chi connectivity index (χ4n) is 1.68. The van der Waals surface area contributed by atoms with Crippen molar-refractivity contribution < 1.29 is 0 Å². The van der Waals surface area contributed by atoms with Crippen molar-refractivity contribution in [3.8, 4) is 22.9 Å². The summed E-state index contributed by atoms with van der Waals surface area (Å²) in [7, 11) is 0. The molecule has 0 bridgehead atoms. The van der Waals surface area contributed by atoms with Crippen LogP contribution in [0.3, 0.4) is 0 Å². The molecule has 0 saturated carbocycles. The fraction of sp³-hybridized carbons (Fsp3) is 0. The molecule has 2 heterocycles. The molecule has 0 aliphatic heterocycles. The van der Waals surface area contributed by atoms with Crippen LogP contribution >= 0.6 is 0 Å². The van der Waals surface area contributed by atoms with Crippen molar-refractivity contribution in [3.63, 3.8) is 0 Å². The maximum Gasteiger partial charge on any atom is 0.181 e. The van der Waals surface area contributed by atoms with Crippen LogP contribution in [-0.4, -0.2) is 20.2 Å². The lowest BCUT2D eigenvalue weighted by Crippen LogP contribution is -1.92. The number of aromatic nitrogens is 4. The zero-order valence-electron chi connectivity index (χ0n) is 9.54. The van der Waals surface area contributed by atoms with Crippen LogP contribution < -0.4 is 5.73 Å². The van der Waals surface area contributed by atoms with Gasteiger partial charge in [0.2, 0.25) is 0 Å². The molecule has 3 rings (SSSR count). The standard InChI is InChI=1S/C13H11N5/c14-11-8-4-7-10(15-11)13-16-12(17-18-13)9-5-2-1-3-6-9/h1-8H,(H2,14,15)(H,16,17,18). The molecule has 0 radical (unpaired) electrons. The molecule has 5 heteroatoms. The summed E-state index contributed by atoms with van der Waals surface area (Å²) in [5.41, 5.74) is 7.29. The van der Waals surface area contributed by atoms with Crippen LogP contribution in [0.2, 0.25) is 0 Å². The first-order valence-electron chi connectivity index (χ1n) is 5.54. The lowest BCUT2D eigenvalue weighted by Gasteiger charge is -1.96. The Kier molecular flexibility index (Phi) is 2.49. The van der Waals surface area contributed by atoms with Gasteiger partial charge in [-0.25, -0.2) is 9.97 Å². The van der Waals surface area contributed by atoms with Gasteiger partial charge in [-0.2, -0.15) is 5.10 Å². The summed E-state index contributed by atoms with van der Waals surface area (Å²) in [6.07, 6.45) is 0. The average molecular weight is 237 g/mol. The minimum atomic E-state index is 0.463. The van der Waals surface area contributed by atoms with Gasteiger partial charge in [-0.1, -0.05) is 36.4 Å². The van der Waals surface area contributed by atoms with Crippen molar-refractivity contribution in [3.05, 3.63) is 48.5 Å². The molecule has 0 aliphatic carbocycles. The summed E-state index contributed by atoms with van der Waals surface area (Å²) < 4.78 is 0. The smallest absolute Gasteiger partial charge is 0.181 e. The number of H-pyrrole nitrogens is 1. The van der Waals surface area contributed by atoms with Gasteiger partial charge in [0.25, 0.3) is 0 Å². The Morgan fingerprint density at radius 2 is 1.72 bits per heavy atom. The number of nitrogen functional groups attached to an aromatic ring is 1. The first-order valence-corrected chi connectivity index (χ1v) is 5.54. The molecule has 18 heavy (non-hydrogen) atoms. The highest BCUT2D eigenvalue weighted by Gasteiger charge is 2.08. The third kappa shape index (κ3) is 1.93. The van der Waals surface area contributed by atoms with E-state index >= 15 is 0 Å². The Morgan fingerprint density at radius 3 is 2.50 bits per heavy atom. The molecule has 88 valence electrons. The maximum atomic E-state index is 5.64. The van der Waals surface area contributed by atoms with Crippen molar-refractivity contribution in [2.75, 3.05) is 5.73 Å². The van der Waals surface area contributed by atoms with Gasteiger partial charge >= 0.3 is 0 Å². The number of aromatic amines is 1. The monoisotopic (exact) mass is 237 g/mol. The number of rotatable bonds is 2. The average Bonchev–Trinajstić information content (AvgIpc) is 2.89. The summed E-state index contributed by atoms with van der Waals surface area (Å²) in [5, 5.41) is 7.04. The van der Waals surface area contributed by atoms with E-state index in [0.717, 1.165) is 5.56 Å². The van der Waals surface area contributed by atoms with E-state index in [2.05, 4.69) is 20.2 Å². The third-order valence-electron chi connectivity index (χ3n) is 2.53. The van der Waals surface area contributed by atoms with Gasteiger partial charge in [-0.15, -0.1) is 0 Å². The quantitative estimate of drug-likeness (QED) is 0.715. The molecule has 1 aromatic carbocycles. The van der Waals surface area contributed by atoms with Crippen LogP contribution in [0, 0.1) is 0 Å². The molecule has 0 atom stereocenters. The van der Waals surface area contributed by atoms with Gasteiger partial charge in [-0.05, 0) is 12.1 Å². The second-order valence-corrected chi connectivity index (χ2v) is 3.82. The van der Waals surface area contributed by atoms with E-state index in [1.807, 2.05) is 42.5 Å². The topological polar surface area (TPSA) is 80.5 Å². The van der Waals surface area contributed by atoms with Gasteiger partial charge < -0.3 is 5.73 Å². The van der Waals surface area contributed by atoms with Gasteiger partial charge in [0.05, 0.1) is 0 Å². The predicted octanol–water partition coefficient (Wildman–Crippen LogP) is 2.12. The van der Waals surface area contributed by atoms with Crippen molar-refractivity contribution in [2.24, 2.45) is 0 Å². The largest absolute Gasteiger partial charge is 0.384 e. The summed E-state index contributed by atoms with van der Waals surface area (Å²) in [5.74, 6) is 1.72. The number of nitrogens with one attached hydrogen (secondary N) is 1. The van der Waals surface area contributed by atoms with Crippen LogP contribution in [-0.2, 0) is 0 Å². The van der Waals surface area contributed by atoms with E-state index in [9.17, 15) is 0 Å². The molecule has 3 aromatic rings. The molecule has 0 aliphatic rings. The van der Waals surface area contributed by atoms with Crippen molar-refractivity contribution >= 4 is 5.82 Å². The van der Waals surface area contributed by atoms with Crippen molar-refractivity contribution in [1.82, 2.24) is 20.2 Å². The van der Waals surface area contributed by atoms with Crippen LogP contribution in [0.4, 0.5) is 5.82 Å². The van der Waals surface area contributed by atoms with Crippen molar-refractivity contribution in [2.45, 2.75) is 0 Å². The van der Waals surface area contributed by atoms with Gasteiger partial charge in [-0.3, -0.25) is 5.10 Å². The number of nitrogens with zero attached hydrogens (tertiary/aromatic N) is 3. The minimum Gasteiger partial charge on any atom is -0.384 e. The number of anilines is 1. The normalized spacial score (nSPS) is 10.4. The summed E-state index contributed by atoms with van der Waals surface area (Å²) >= 11 is 0. The number of nitrogens with two attached hydrogens (primary N) is 1. The number of pyridine rings is 1. The van der Waals surface area contributed by atoms with Crippen LogP contribution in [0.15, 0.2) is 48.5 Å². The zero-order valence-corrected chi connectivity index (χ0v) is 9.54. The Bertz CT molecular complexity index is 660. The van der Waals surface area contributed by atoms with E-state index in [1.54, 1.807) is 6.07 Å². The molecule has 2 aromatic heterocycles. The molecule has 0 spiro atoms. The second-order valence-electron chi connectivity index (χ2n) is 3.82. The molecule has 3 N–H and O–H groups in total. The predicted molar refractivity (Wildman–Crippen MR) is 69.5 cm³/mol. The number of benzene rings is 1. The first-order chi connectivity index (χ1) is 8.83. The maximum absolute atomic E-state index is 5.64. The van der Waals surface area contributed by atoms with Crippen LogP contribution in [0.5, 0.6) is 0 Å². The number of hydrogen-bond donors (Lipinski definition) is 2. The molecule has 0 saturated heterocycles. The first kappa shape index (κ1) is 10.5. The van der Waals surface area contributed by atoms with E-state index in [-0.39, 0.29) is 0 Å². The Balaban J connectivity index is 2.00. The van der Waals surface area contributed by atoms with Crippen LogP contribution in [0.25, 0.3) is 22.9 Å². The molecule has 0 unspecified atom stereocenters. The highest BCUT2D eigenvalue weighted by atomic mass is 15.2. The molecular formula is C13H11N5. The van der Waals surface area contributed by atoms with E-state index in [1.165, 1.54) is 0 Å².